The van der Waals surface area contributed by atoms with Crippen LogP contribution in [0.15, 0.2) is 30.6 Å². The summed E-state index contributed by atoms with van der Waals surface area (Å²) in [5.74, 6) is 0. The maximum absolute atomic E-state index is 5.79. The molecule has 18 heavy (non-hydrogen) atoms. The molecular weight excluding hydrogens is 222 g/mol. The van der Waals surface area contributed by atoms with E-state index in [-0.39, 0.29) is 6.04 Å². The molecule has 3 heteroatoms. The van der Waals surface area contributed by atoms with Crippen LogP contribution in [-0.2, 0) is 13.0 Å². The molecule has 0 radical (unpaired) electrons. The predicted molar refractivity (Wildman–Crippen MR) is 74.6 cm³/mol. The van der Waals surface area contributed by atoms with Crippen LogP contribution in [0.25, 0.3) is 0 Å². The van der Waals surface area contributed by atoms with Gasteiger partial charge in [0.1, 0.15) is 0 Å². The third-order valence-electron chi connectivity index (χ3n) is 3.08. The molecule has 1 atom stereocenters. The molecule has 0 fully saturated rings. The second-order valence-corrected chi connectivity index (χ2v) is 5.16. The molecule has 1 heterocycles. The SMILES string of the molecule is Cc1ccc(C)c(Cn2cc(CC(C)N)cn2)c1. The molecule has 1 aromatic carbocycles. The normalized spacial score (nSPS) is 12.7. The van der Waals surface area contributed by atoms with E-state index in [2.05, 4.69) is 43.3 Å². The minimum Gasteiger partial charge on any atom is -0.328 e. The first-order chi connectivity index (χ1) is 8.54. The Morgan fingerprint density at radius 2 is 2.11 bits per heavy atom. The molecule has 2 aromatic rings. The maximum atomic E-state index is 5.79. The minimum absolute atomic E-state index is 0.184. The molecule has 2 N–H and O–H groups in total. The zero-order valence-electron chi connectivity index (χ0n) is 11.4. The number of nitrogens with zero attached hydrogens (tertiary/aromatic N) is 2. The molecule has 0 spiro atoms. The Morgan fingerprint density at radius 3 is 2.83 bits per heavy atom. The highest BCUT2D eigenvalue weighted by atomic mass is 15.3. The molecule has 1 unspecified atom stereocenters. The zero-order chi connectivity index (χ0) is 13.1. The average molecular weight is 243 g/mol. The van der Waals surface area contributed by atoms with Crippen molar-refractivity contribution in [3.63, 3.8) is 0 Å². The van der Waals surface area contributed by atoms with Crippen LogP contribution in [0.4, 0.5) is 0 Å². The fourth-order valence-corrected chi connectivity index (χ4v) is 2.12. The molecule has 0 aliphatic heterocycles. The fraction of sp³-hybridized carbons (Fsp3) is 0.400. The summed E-state index contributed by atoms with van der Waals surface area (Å²) < 4.78 is 1.99. The number of nitrogens with two attached hydrogens (primary N) is 1. The molecule has 0 bridgehead atoms. The van der Waals surface area contributed by atoms with Gasteiger partial charge in [0.25, 0.3) is 0 Å². The summed E-state index contributed by atoms with van der Waals surface area (Å²) in [5, 5.41) is 4.40. The molecule has 0 saturated carbocycles. The van der Waals surface area contributed by atoms with Crippen LogP contribution in [-0.4, -0.2) is 15.8 Å². The van der Waals surface area contributed by atoms with E-state index in [0.717, 1.165) is 13.0 Å². The highest BCUT2D eigenvalue weighted by Crippen LogP contribution is 2.12. The van der Waals surface area contributed by atoms with Gasteiger partial charge < -0.3 is 5.73 Å². The third kappa shape index (κ3) is 3.20. The molecule has 1 aromatic heterocycles. The topological polar surface area (TPSA) is 43.8 Å². The number of hydrogen-bond acceptors (Lipinski definition) is 2. The van der Waals surface area contributed by atoms with Gasteiger partial charge in [0.2, 0.25) is 0 Å². The van der Waals surface area contributed by atoms with Gasteiger partial charge >= 0.3 is 0 Å². The Labute approximate surface area is 109 Å². The van der Waals surface area contributed by atoms with Gasteiger partial charge in [-0.1, -0.05) is 23.8 Å². The molecule has 2 rings (SSSR count). The van der Waals surface area contributed by atoms with Gasteiger partial charge in [0.15, 0.2) is 0 Å². The van der Waals surface area contributed by atoms with E-state index < -0.39 is 0 Å². The fourth-order valence-electron chi connectivity index (χ4n) is 2.12. The van der Waals surface area contributed by atoms with E-state index in [9.17, 15) is 0 Å². The summed E-state index contributed by atoms with van der Waals surface area (Å²) in [7, 11) is 0. The van der Waals surface area contributed by atoms with Gasteiger partial charge in [0, 0.05) is 12.2 Å². The predicted octanol–water partition coefficient (Wildman–Crippen LogP) is 2.44. The lowest BCUT2D eigenvalue weighted by molar-refractivity contribution is 0.681. The quantitative estimate of drug-likeness (QED) is 0.896. The number of aromatic nitrogens is 2. The van der Waals surface area contributed by atoms with Crippen molar-refractivity contribution in [2.75, 3.05) is 0 Å². The second-order valence-electron chi connectivity index (χ2n) is 5.16. The van der Waals surface area contributed by atoms with Crippen molar-refractivity contribution in [3.05, 3.63) is 52.8 Å². The standard InChI is InChI=1S/C15H21N3/c1-11-4-5-12(2)15(6-11)10-18-9-14(8-17-18)7-13(3)16/h4-6,8-9,13H,7,10,16H2,1-3H3. The van der Waals surface area contributed by atoms with Crippen LogP contribution in [0, 0.1) is 13.8 Å². The lowest BCUT2D eigenvalue weighted by Crippen LogP contribution is -2.17. The van der Waals surface area contributed by atoms with Crippen LogP contribution in [0.3, 0.4) is 0 Å². The Kier molecular flexibility index (Phi) is 3.82. The number of benzene rings is 1. The first kappa shape index (κ1) is 12.8. The van der Waals surface area contributed by atoms with Crippen molar-refractivity contribution in [3.8, 4) is 0 Å². The van der Waals surface area contributed by atoms with Crippen LogP contribution >= 0.6 is 0 Å². The van der Waals surface area contributed by atoms with Crippen molar-refractivity contribution < 1.29 is 0 Å². The van der Waals surface area contributed by atoms with E-state index in [4.69, 9.17) is 5.73 Å². The van der Waals surface area contributed by atoms with Gasteiger partial charge in [-0.05, 0) is 43.9 Å². The first-order valence-corrected chi connectivity index (χ1v) is 6.37. The summed E-state index contributed by atoms with van der Waals surface area (Å²) >= 11 is 0. The molecule has 0 saturated heterocycles. The van der Waals surface area contributed by atoms with Gasteiger partial charge in [-0.15, -0.1) is 0 Å². The zero-order valence-corrected chi connectivity index (χ0v) is 11.4. The van der Waals surface area contributed by atoms with Gasteiger partial charge in [0.05, 0.1) is 12.7 Å². The summed E-state index contributed by atoms with van der Waals surface area (Å²) in [6.07, 6.45) is 4.88. The highest BCUT2D eigenvalue weighted by Gasteiger charge is 2.04. The Balaban J connectivity index is 2.13. The Bertz CT molecular complexity index is 526. The van der Waals surface area contributed by atoms with E-state index in [1.54, 1.807) is 0 Å². The molecule has 0 aliphatic carbocycles. The Hall–Kier alpha value is -1.61. The summed E-state index contributed by atoms with van der Waals surface area (Å²) in [6, 6.07) is 6.71. The average Bonchev–Trinajstić information content (AvgIpc) is 2.70. The van der Waals surface area contributed by atoms with E-state index in [1.165, 1.54) is 22.3 Å². The highest BCUT2D eigenvalue weighted by molar-refractivity contribution is 5.30. The van der Waals surface area contributed by atoms with Gasteiger partial charge in [-0.3, -0.25) is 4.68 Å². The lowest BCUT2D eigenvalue weighted by atomic mass is 10.1. The lowest BCUT2D eigenvalue weighted by Gasteiger charge is -2.07. The van der Waals surface area contributed by atoms with E-state index >= 15 is 0 Å². The monoisotopic (exact) mass is 243 g/mol. The van der Waals surface area contributed by atoms with Gasteiger partial charge in [-0.25, -0.2) is 0 Å². The third-order valence-corrected chi connectivity index (χ3v) is 3.08. The molecule has 0 amide bonds. The van der Waals surface area contributed by atoms with Crippen molar-refractivity contribution in [1.29, 1.82) is 0 Å². The smallest absolute Gasteiger partial charge is 0.0662 e. The Morgan fingerprint density at radius 1 is 1.33 bits per heavy atom. The van der Waals surface area contributed by atoms with Gasteiger partial charge in [-0.2, -0.15) is 5.10 Å². The van der Waals surface area contributed by atoms with Crippen molar-refractivity contribution in [2.45, 2.75) is 39.8 Å². The number of rotatable bonds is 4. The van der Waals surface area contributed by atoms with Crippen LogP contribution in [0.5, 0.6) is 0 Å². The maximum Gasteiger partial charge on any atom is 0.0662 e. The minimum atomic E-state index is 0.184. The largest absolute Gasteiger partial charge is 0.328 e. The van der Waals surface area contributed by atoms with E-state index in [0.29, 0.717) is 0 Å². The second kappa shape index (κ2) is 5.36. The molecular formula is C15H21N3. The van der Waals surface area contributed by atoms with Crippen molar-refractivity contribution in [2.24, 2.45) is 5.73 Å². The number of aryl methyl sites for hydroxylation is 2. The van der Waals surface area contributed by atoms with Crippen LogP contribution < -0.4 is 5.73 Å². The summed E-state index contributed by atoms with van der Waals surface area (Å²) in [4.78, 5) is 0. The van der Waals surface area contributed by atoms with Crippen LogP contribution in [0.2, 0.25) is 0 Å². The van der Waals surface area contributed by atoms with Crippen molar-refractivity contribution in [1.82, 2.24) is 9.78 Å². The molecule has 0 aliphatic rings. The molecule has 96 valence electrons. The first-order valence-electron chi connectivity index (χ1n) is 6.37. The number of hydrogen-bond donors (Lipinski definition) is 1. The summed E-state index contributed by atoms with van der Waals surface area (Å²) in [5.41, 5.74) is 10.9. The van der Waals surface area contributed by atoms with E-state index in [1.807, 2.05) is 17.8 Å². The molecule has 3 nitrogen and oxygen atoms in total. The van der Waals surface area contributed by atoms with Crippen molar-refractivity contribution >= 4 is 0 Å². The van der Waals surface area contributed by atoms with Crippen LogP contribution in [0.1, 0.15) is 29.2 Å². The summed E-state index contributed by atoms with van der Waals surface area (Å²) in [6.45, 7) is 7.10.